The van der Waals surface area contributed by atoms with Crippen LogP contribution in [0, 0.1) is 10.1 Å². The highest BCUT2D eigenvalue weighted by Crippen LogP contribution is 2.18. The minimum atomic E-state index is -0.439. The van der Waals surface area contributed by atoms with E-state index in [0.29, 0.717) is 17.8 Å². The van der Waals surface area contributed by atoms with Crippen LogP contribution in [0.15, 0.2) is 48.5 Å². The third kappa shape index (κ3) is 3.56. The highest BCUT2D eigenvalue weighted by molar-refractivity contribution is 5.95. The van der Waals surface area contributed by atoms with E-state index in [4.69, 9.17) is 4.74 Å². The highest BCUT2D eigenvalue weighted by Gasteiger charge is 2.11. The number of nitrogens with one attached hydrogen (secondary N) is 1. The highest BCUT2D eigenvalue weighted by atomic mass is 16.6. The molecule has 0 amide bonds. The Hall–Kier alpha value is -2.89. The lowest BCUT2D eigenvalue weighted by Gasteiger charge is -2.10. The number of hydrogen-bond acceptors (Lipinski definition) is 5. The first kappa shape index (κ1) is 14.5. The zero-order valence-electron chi connectivity index (χ0n) is 11.4. The van der Waals surface area contributed by atoms with Gasteiger partial charge < -0.3 is 10.1 Å². The number of non-ortho nitro benzene ring substituents is 1. The number of methoxy groups -OCH3 is 1. The van der Waals surface area contributed by atoms with Gasteiger partial charge in [-0.05, 0) is 17.7 Å². The van der Waals surface area contributed by atoms with E-state index in [2.05, 4.69) is 5.32 Å². The number of hydrogen-bond donors (Lipinski definition) is 1. The Bertz CT molecular complexity index is 670. The van der Waals surface area contributed by atoms with Crippen molar-refractivity contribution < 1.29 is 14.5 Å². The van der Waals surface area contributed by atoms with Crippen LogP contribution in [0.3, 0.4) is 0 Å². The van der Waals surface area contributed by atoms with Crippen LogP contribution in [-0.2, 0) is 11.3 Å². The number of nitro groups is 1. The number of nitrogens with zero attached hydrogens (tertiary/aromatic N) is 1. The standard InChI is InChI=1S/C15H14N2O4/c1-21-15(18)13-7-2-3-8-14(13)16-10-11-5-4-6-12(9-11)17(19)20/h2-9,16H,10H2,1H3. The van der Waals surface area contributed by atoms with Crippen molar-refractivity contribution in [3.05, 3.63) is 69.8 Å². The van der Waals surface area contributed by atoms with E-state index in [-0.39, 0.29) is 5.69 Å². The molecule has 0 aliphatic carbocycles. The normalized spacial score (nSPS) is 9.95. The van der Waals surface area contributed by atoms with E-state index >= 15 is 0 Å². The second kappa shape index (κ2) is 6.51. The monoisotopic (exact) mass is 286 g/mol. The molecule has 0 heterocycles. The Labute approximate surface area is 121 Å². The molecule has 0 atom stereocenters. The lowest BCUT2D eigenvalue weighted by molar-refractivity contribution is -0.384. The van der Waals surface area contributed by atoms with Crippen molar-refractivity contribution in [2.75, 3.05) is 12.4 Å². The summed E-state index contributed by atoms with van der Waals surface area (Å²) in [5.74, 6) is -0.433. The van der Waals surface area contributed by atoms with Crippen LogP contribution in [0.4, 0.5) is 11.4 Å². The zero-order chi connectivity index (χ0) is 15.2. The van der Waals surface area contributed by atoms with Crippen molar-refractivity contribution >= 4 is 17.3 Å². The van der Waals surface area contributed by atoms with Crippen molar-refractivity contribution in [1.29, 1.82) is 0 Å². The largest absolute Gasteiger partial charge is 0.465 e. The van der Waals surface area contributed by atoms with E-state index in [0.717, 1.165) is 5.56 Å². The fraction of sp³-hybridized carbons (Fsp3) is 0.133. The first-order valence-electron chi connectivity index (χ1n) is 6.26. The number of nitro benzene ring substituents is 1. The van der Waals surface area contributed by atoms with Gasteiger partial charge in [0.25, 0.3) is 5.69 Å². The number of ether oxygens (including phenoxy) is 1. The fourth-order valence-corrected chi connectivity index (χ4v) is 1.90. The first-order chi connectivity index (χ1) is 10.1. The summed E-state index contributed by atoms with van der Waals surface area (Å²) in [5, 5.41) is 13.8. The van der Waals surface area contributed by atoms with Crippen molar-refractivity contribution in [1.82, 2.24) is 0 Å². The van der Waals surface area contributed by atoms with E-state index in [1.54, 1.807) is 36.4 Å². The number of carbonyl (C=O) groups excluding carboxylic acids is 1. The van der Waals surface area contributed by atoms with Gasteiger partial charge in [-0.25, -0.2) is 4.79 Å². The third-order valence-corrected chi connectivity index (χ3v) is 2.94. The number of benzene rings is 2. The van der Waals surface area contributed by atoms with Gasteiger partial charge in [0.05, 0.1) is 17.6 Å². The molecule has 6 heteroatoms. The summed E-state index contributed by atoms with van der Waals surface area (Å²) in [7, 11) is 1.32. The third-order valence-electron chi connectivity index (χ3n) is 2.94. The molecule has 0 aliphatic rings. The van der Waals surface area contributed by atoms with Crippen molar-refractivity contribution in [2.24, 2.45) is 0 Å². The van der Waals surface area contributed by atoms with Gasteiger partial charge in [-0.15, -0.1) is 0 Å². The Morgan fingerprint density at radius 3 is 2.71 bits per heavy atom. The average Bonchev–Trinajstić information content (AvgIpc) is 2.52. The number of carbonyl (C=O) groups is 1. The summed E-state index contributed by atoms with van der Waals surface area (Å²) < 4.78 is 4.71. The summed E-state index contributed by atoms with van der Waals surface area (Å²) in [5.41, 5.74) is 1.83. The van der Waals surface area contributed by atoms with Crippen LogP contribution < -0.4 is 5.32 Å². The number of anilines is 1. The molecule has 6 nitrogen and oxygen atoms in total. The van der Waals surface area contributed by atoms with Crippen molar-refractivity contribution in [2.45, 2.75) is 6.54 Å². The maximum Gasteiger partial charge on any atom is 0.339 e. The van der Waals surface area contributed by atoms with E-state index in [1.807, 2.05) is 0 Å². The predicted molar refractivity (Wildman–Crippen MR) is 78.2 cm³/mol. The van der Waals surface area contributed by atoms with E-state index in [9.17, 15) is 14.9 Å². The summed E-state index contributed by atoms with van der Waals surface area (Å²) in [6, 6.07) is 13.3. The molecule has 2 aromatic rings. The van der Waals surface area contributed by atoms with Crippen LogP contribution in [0.25, 0.3) is 0 Å². The molecule has 21 heavy (non-hydrogen) atoms. The zero-order valence-corrected chi connectivity index (χ0v) is 11.4. The summed E-state index contributed by atoms with van der Waals surface area (Å²) in [6.07, 6.45) is 0. The lowest BCUT2D eigenvalue weighted by atomic mass is 10.1. The first-order valence-corrected chi connectivity index (χ1v) is 6.26. The van der Waals surface area contributed by atoms with Gasteiger partial charge in [-0.1, -0.05) is 24.3 Å². The van der Waals surface area contributed by atoms with Crippen LogP contribution in [0.1, 0.15) is 15.9 Å². The molecule has 0 saturated heterocycles. The molecule has 0 aliphatic heterocycles. The number of rotatable bonds is 5. The molecule has 2 rings (SSSR count). The Balaban J connectivity index is 2.15. The molecule has 2 aromatic carbocycles. The molecule has 0 spiro atoms. The minimum Gasteiger partial charge on any atom is -0.465 e. The quantitative estimate of drug-likeness (QED) is 0.519. The maximum atomic E-state index is 11.6. The smallest absolute Gasteiger partial charge is 0.339 e. The average molecular weight is 286 g/mol. The van der Waals surface area contributed by atoms with Crippen LogP contribution >= 0.6 is 0 Å². The van der Waals surface area contributed by atoms with Gasteiger partial charge in [0.1, 0.15) is 0 Å². The molecule has 0 radical (unpaired) electrons. The SMILES string of the molecule is COC(=O)c1ccccc1NCc1cccc([N+](=O)[O-])c1. The second-order valence-corrected chi connectivity index (χ2v) is 4.32. The Kier molecular flexibility index (Phi) is 4.50. The van der Waals surface area contributed by atoms with Crippen LogP contribution in [0.2, 0.25) is 0 Å². The van der Waals surface area contributed by atoms with Gasteiger partial charge in [-0.3, -0.25) is 10.1 Å². The van der Waals surface area contributed by atoms with Crippen LogP contribution in [0.5, 0.6) is 0 Å². The summed E-state index contributed by atoms with van der Waals surface area (Å²) in [4.78, 5) is 21.9. The van der Waals surface area contributed by atoms with Gasteiger partial charge in [0.2, 0.25) is 0 Å². The lowest BCUT2D eigenvalue weighted by Crippen LogP contribution is -2.08. The van der Waals surface area contributed by atoms with Gasteiger partial charge in [0, 0.05) is 24.4 Å². The number of esters is 1. The predicted octanol–water partition coefficient (Wildman–Crippen LogP) is 2.99. The fourth-order valence-electron chi connectivity index (χ4n) is 1.90. The molecule has 0 aromatic heterocycles. The Morgan fingerprint density at radius 1 is 1.24 bits per heavy atom. The van der Waals surface area contributed by atoms with Gasteiger partial charge in [-0.2, -0.15) is 0 Å². The maximum absolute atomic E-state index is 11.6. The molecule has 0 saturated carbocycles. The topological polar surface area (TPSA) is 81.5 Å². The van der Waals surface area contributed by atoms with Crippen LogP contribution in [-0.4, -0.2) is 18.0 Å². The molecule has 1 N–H and O–H groups in total. The molecule has 0 unspecified atom stereocenters. The minimum absolute atomic E-state index is 0.0375. The second-order valence-electron chi connectivity index (χ2n) is 4.32. The van der Waals surface area contributed by atoms with Gasteiger partial charge in [0.15, 0.2) is 0 Å². The summed E-state index contributed by atoms with van der Waals surface area (Å²) in [6.45, 7) is 0.371. The summed E-state index contributed by atoms with van der Waals surface area (Å²) >= 11 is 0. The van der Waals surface area contributed by atoms with Crippen molar-refractivity contribution in [3.8, 4) is 0 Å². The molecule has 0 bridgehead atoms. The molecule has 0 fully saturated rings. The van der Waals surface area contributed by atoms with Crippen molar-refractivity contribution in [3.63, 3.8) is 0 Å². The molecule has 108 valence electrons. The van der Waals surface area contributed by atoms with E-state index in [1.165, 1.54) is 19.2 Å². The van der Waals surface area contributed by atoms with E-state index < -0.39 is 10.9 Å². The Morgan fingerprint density at radius 2 is 2.00 bits per heavy atom. The number of para-hydroxylation sites is 1. The van der Waals surface area contributed by atoms with Gasteiger partial charge >= 0.3 is 5.97 Å². The molecular weight excluding hydrogens is 272 g/mol. The molecular formula is C15H14N2O4.